The number of nitrogens with zero attached hydrogens (tertiary/aromatic N) is 3. The minimum Gasteiger partial charge on any atom is -0.550 e. The molecule has 53 heavy (non-hydrogen) atoms. The molecule has 1 heterocycles. The number of ether oxygens (including phenoxy) is 3. The molecule has 0 bridgehead atoms. The average Bonchev–Trinajstić information content (AvgIpc) is 3.08. The number of methoxy groups -OCH3 is 2. The van der Waals surface area contributed by atoms with Crippen molar-refractivity contribution < 1.29 is 63.6 Å². The average molecular weight is 759 g/mol. The third-order valence-corrected chi connectivity index (χ3v) is 8.02. The summed E-state index contributed by atoms with van der Waals surface area (Å²) in [5, 5.41) is 10.7. The zero-order valence-corrected chi connectivity index (χ0v) is 28.6. The minimum atomic E-state index is -5.28. The van der Waals surface area contributed by atoms with Gasteiger partial charge in [0.25, 0.3) is 0 Å². The van der Waals surface area contributed by atoms with Crippen molar-refractivity contribution in [2.45, 2.75) is 63.7 Å². The molecule has 0 spiro atoms. The van der Waals surface area contributed by atoms with Crippen LogP contribution in [0.15, 0.2) is 67.0 Å². The lowest BCUT2D eigenvalue weighted by molar-refractivity contribution is -0.305. The van der Waals surface area contributed by atoms with Crippen LogP contribution >= 0.6 is 0 Å². The molecule has 1 atom stereocenters. The fourth-order valence-corrected chi connectivity index (χ4v) is 5.47. The Morgan fingerprint density at radius 2 is 1.42 bits per heavy atom. The van der Waals surface area contributed by atoms with E-state index in [0.29, 0.717) is 17.0 Å². The molecule has 0 N–H and O–H groups in total. The van der Waals surface area contributed by atoms with Crippen molar-refractivity contribution in [2.24, 2.45) is 0 Å². The first-order valence-electron chi connectivity index (χ1n) is 15.9. The van der Waals surface area contributed by atoms with E-state index >= 15 is 13.2 Å². The number of carboxylic acids is 1. The van der Waals surface area contributed by atoms with Crippen molar-refractivity contribution in [3.63, 3.8) is 0 Å². The molecule has 8 nitrogen and oxygen atoms in total. The number of halogens is 9. The van der Waals surface area contributed by atoms with Gasteiger partial charge in [0.05, 0.1) is 44.3 Å². The van der Waals surface area contributed by atoms with E-state index in [-0.39, 0.29) is 59.8 Å². The molecule has 3 aromatic carbocycles. The van der Waals surface area contributed by atoms with Gasteiger partial charge < -0.3 is 29.0 Å². The van der Waals surface area contributed by atoms with E-state index in [1.807, 2.05) is 13.8 Å². The van der Waals surface area contributed by atoms with Crippen molar-refractivity contribution in [1.29, 1.82) is 0 Å². The van der Waals surface area contributed by atoms with Gasteiger partial charge in [-0.25, -0.2) is 9.97 Å². The van der Waals surface area contributed by atoms with Gasteiger partial charge in [0.15, 0.2) is 11.8 Å². The topological polar surface area (TPSA) is 96.8 Å². The molecule has 1 aromatic heterocycles. The lowest BCUT2D eigenvalue weighted by Crippen LogP contribution is -2.39. The van der Waals surface area contributed by atoms with E-state index in [0.717, 1.165) is 24.0 Å². The van der Waals surface area contributed by atoms with Gasteiger partial charge in [0, 0.05) is 18.1 Å². The number of hydrogen-bond acceptors (Lipinski definition) is 8. The quantitative estimate of drug-likeness (QED) is 0.0933. The number of alkyl halides is 9. The van der Waals surface area contributed by atoms with Gasteiger partial charge >= 0.3 is 18.5 Å². The second-order valence-electron chi connectivity index (χ2n) is 12.1. The Morgan fingerprint density at radius 3 is 1.92 bits per heavy atom. The number of carbonyl (C=O) groups excluding carboxylic acids is 1. The highest BCUT2D eigenvalue weighted by atomic mass is 19.4. The molecule has 0 fully saturated rings. The van der Waals surface area contributed by atoms with Crippen molar-refractivity contribution >= 4 is 11.9 Å². The van der Waals surface area contributed by atoms with E-state index in [1.165, 1.54) is 26.4 Å². The minimum absolute atomic E-state index is 0.00512. The van der Waals surface area contributed by atoms with Crippen LogP contribution in [0, 0.1) is 0 Å². The summed E-state index contributed by atoms with van der Waals surface area (Å²) >= 11 is 0. The second kappa shape index (κ2) is 16.2. The second-order valence-corrected chi connectivity index (χ2v) is 12.1. The lowest BCUT2D eigenvalue weighted by Gasteiger charge is -2.35. The summed E-state index contributed by atoms with van der Waals surface area (Å²) in [6, 6.07) is 6.27. The Bertz CT molecular complexity index is 1850. The van der Waals surface area contributed by atoms with Crippen LogP contribution in [0.1, 0.15) is 66.5 Å². The van der Waals surface area contributed by atoms with Crippen LogP contribution in [0.5, 0.6) is 17.2 Å². The Kier molecular flexibility index (Phi) is 12.4. The van der Waals surface area contributed by atoms with Crippen LogP contribution in [0.25, 0.3) is 11.1 Å². The Balaban J connectivity index is 1.99. The maximum absolute atomic E-state index is 15.6. The molecule has 286 valence electrons. The fourth-order valence-electron chi connectivity index (χ4n) is 5.47. The standard InChI is InChI=1S/C36H34F9N3O5/c1-20(2)22-7-10-30(52-4)29(14-22)28-16-25(51-3)8-9-27(28)32(36(43,44)45)48(33-46-17-26(18-47-33)53-11-5-6-31(49)50)19-21-12-23(34(37,38)39)15-24(13-21)35(40,41)42/h7-10,12-18,20,32H,5-6,11,19H2,1-4H3,(H,49,50)/p-1. The van der Waals surface area contributed by atoms with Crippen LogP contribution in [0.3, 0.4) is 0 Å². The predicted molar refractivity (Wildman–Crippen MR) is 172 cm³/mol. The summed E-state index contributed by atoms with van der Waals surface area (Å²) in [4.78, 5) is 19.1. The maximum atomic E-state index is 15.6. The Hall–Kier alpha value is -5.22. The van der Waals surface area contributed by atoms with E-state index in [4.69, 9.17) is 14.2 Å². The van der Waals surface area contributed by atoms with Crippen molar-refractivity contribution in [3.05, 3.63) is 94.8 Å². The lowest BCUT2D eigenvalue weighted by atomic mass is 9.90. The van der Waals surface area contributed by atoms with Gasteiger partial charge in [-0.05, 0) is 83.5 Å². The van der Waals surface area contributed by atoms with Crippen LogP contribution in [0.4, 0.5) is 45.5 Å². The predicted octanol–water partition coefficient (Wildman–Crippen LogP) is 8.54. The maximum Gasteiger partial charge on any atom is 0.416 e. The summed E-state index contributed by atoms with van der Waals surface area (Å²) in [6.45, 7) is 2.37. The number of hydrogen-bond donors (Lipinski definition) is 0. The number of benzene rings is 3. The molecule has 0 aliphatic rings. The highest BCUT2D eigenvalue weighted by Gasteiger charge is 2.48. The Labute approximate surface area is 298 Å². The highest BCUT2D eigenvalue weighted by molar-refractivity contribution is 5.77. The van der Waals surface area contributed by atoms with Gasteiger partial charge in [-0.2, -0.15) is 39.5 Å². The molecular weight excluding hydrogens is 725 g/mol. The number of anilines is 1. The van der Waals surface area contributed by atoms with E-state index in [9.17, 15) is 36.2 Å². The fraction of sp³-hybridized carbons (Fsp3) is 0.361. The monoisotopic (exact) mass is 758 g/mol. The van der Waals surface area contributed by atoms with Crippen molar-refractivity contribution in [3.8, 4) is 28.4 Å². The third-order valence-electron chi connectivity index (χ3n) is 8.02. The first-order valence-corrected chi connectivity index (χ1v) is 15.9. The molecule has 0 saturated carbocycles. The highest BCUT2D eigenvalue weighted by Crippen LogP contribution is 2.47. The Morgan fingerprint density at radius 1 is 0.792 bits per heavy atom. The van der Waals surface area contributed by atoms with Crippen molar-refractivity contribution in [1.82, 2.24) is 9.97 Å². The molecule has 0 aliphatic carbocycles. The van der Waals surface area contributed by atoms with E-state index in [2.05, 4.69) is 9.97 Å². The molecular formula is C36H33F9N3O5-. The molecule has 0 aliphatic heterocycles. The summed E-state index contributed by atoms with van der Waals surface area (Å²) in [6.07, 6.45) is -14.3. The largest absolute Gasteiger partial charge is 0.550 e. The third kappa shape index (κ3) is 10.2. The summed E-state index contributed by atoms with van der Waals surface area (Å²) in [5.74, 6) is -1.96. The van der Waals surface area contributed by atoms with Crippen molar-refractivity contribution in [2.75, 3.05) is 25.7 Å². The van der Waals surface area contributed by atoms with Crippen LogP contribution in [-0.4, -0.2) is 42.9 Å². The number of carbonyl (C=O) groups is 1. The van der Waals surface area contributed by atoms with Crippen LogP contribution < -0.4 is 24.2 Å². The SMILES string of the molecule is COc1ccc(C(N(Cc2cc(C(F)(F)F)cc(C(F)(F)F)c2)c2ncc(OCCCC(=O)[O-])cn2)C(F)(F)F)c(-c2cc(C(C)C)ccc2OC)c1. The zero-order valence-electron chi connectivity index (χ0n) is 28.6. The van der Waals surface area contributed by atoms with Crippen LogP contribution in [-0.2, 0) is 23.7 Å². The molecule has 4 aromatic rings. The molecule has 1 unspecified atom stereocenters. The molecule has 0 radical (unpaired) electrons. The number of carboxylic acid groups (broad SMARTS) is 1. The molecule has 0 saturated heterocycles. The molecule has 4 rings (SSSR count). The zero-order chi connectivity index (χ0) is 39.3. The summed E-state index contributed by atoms with van der Waals surface area (Å²) < 4.78 is 146. The number of aromatic nitrogens is 2. The molecule has 0 amide bonds. The van der Waals surface area contributed by atoms with Gasteiger partial charge in [-0.3, -0.25) is 0 Å². The smallest absolute Gasteiger partial charge is 0.416 e. The van der Waals surface area contributed by atoms with E-state index < -0.39 is 65.3 Å². The first-order chi connectivity index (χ1) is 24.7. The number of rotatable bonds is 14. The normalized spacial score (nSPS) is 12.8. The van der Waals surface area contributed by atoms with Crippen LogP contribution in [0.2, 0.25) is 0 Å². The van der Waals surface area contributed by atoms with Gasteiger partial charge in [0.1, 0.15) is 11.5 Å². The summed E-state index contributed by atoms with van der Waals surface area (Å²) in [7, 11) is 2.60. The van der Waals surface area contributed by atoms with Gasteiger partial charge in [-0.15, -0.1) is 0 Å². The summed E-state index contributed by atoms with van der Waals surface area (Å²) in [5.41, 5.74) is -3.86. The number of aliphatic carboxylic acids is 1. The first kappa shape index (κ1) is 40.5. The van der Waals surface area contributed by atoms with Gasteiger partial charge in [-0.1, -0.05) is 26.0 Å². The molecule has 17 heteroatoms. The van der Waals surface area contributed by atoms with Gasteiger partial charge in [0.2, 0.25) is 5.95 Å². The van der Waals surface area contributed by atoms with E-state index in [1.54, 1.807) is 18.2 Å².